The Hall–Kier alpha value is -0.940. The minimum atomic E-state index is -0.760. The number of carbonyl (C=O) groups excluding carboxylic acids is 1. The summed E-state index contributed by atoms with van der Waals surface area (Å²) in [5.41, 5.74) is -0.760. The van der Waals surface area contributed by atoms with Gasteiger partial charge < -0.3 is 14.4 Å². The van der Waals surface area contributed by atoms with Crippen LogP contribution in [0.3, 0.4) is 0 Å². The number of hydrogen-bond acceptors (Lipinski definition) is 4. The van der Waals surface area contributed by atoms with Crippen molar-refractivity contribution >= 4 is 17.7 Å². The molecule has 1 aromatic rings. The largest absolute Gasteiger partial charge is 0.455 e. The van der Waals surface area contributed by atoms with Crippen LogP contribution in [-0.2, 0) is 5.75 Å². The Bertz CT molecular complexity index is 414. The number of carbonyl (C=O) groups is 1. The number of aliphatic hydroxyl groups is 1. The van der Waals surface area contributed by atoms with E-state index in [4.69, 9.17) is 4.42 Å². The van der Waals surface area contributed by atoms with Crippen LogP contribution in [0.4, 0.5) is 0 Å². The first-order chi connectivity index (χ1) is 8.02. The van der Waals surface area contributed by atoms with Crippen molar-refractivity contribution in [1.29, 1.82) is 0 Å². The third-order valence-corrected chi connectivity index (χ3v) is 3.47. The number of likely N-dealkylation sites (tertiary alicyclic amines) is 1. The highest BCUT2D eigenvalue weighted by Gasteiger charge is 2.35. The van der Waals surface area contributed by atoms with Crippen LogP contribution in [0.15, 0.2) is 16.5 Å². The SMILES string of the molecule is CSCc1ccc(C(=O)N2CCC(C)(O)C2)o1. The molecule has 1 saturated heterocycles. The van der Waals surface area contributed by atoms with Crippen LogP contribution in [-0.4, -0.2) is 40.9 Å². The first-order valence-corrected chi connectivity index (χ1v) is 7.00. The minimum Gasteiger partial charge on any atom is -0.455 e. The lowest BCUT2D eigenvalue weighted by molar-refractivity contribution is 0.0554. The zero-order valence-corrected chi connectivity index (χ0v) is 10.9. The lowest BCUT2D eigenvalue weighted by atomic mass is 10.1. The van der Waals surface area contributed by atoms with Crippen LogP contribution >= 0.6 is 11.8 Å². The third-order valence-electron chi connectivity index (χ3n) is 2.90. The van der Waals surface area contributed by atoms with Gasteiger partial charge in [0.15, 0.2) is 5.76 Å². The molecule has 0 spiro atoms. The van der Waals surface area contributed by atoms with Gasteiger partial charge in [0.2, 0.25) is 0 Å². The molecule has 0 aromatic carbocycles. The molecule has 1 unspecified atom stereocenters. The Labute approximate surface area is 105 Å². The Balaban J connectivity index is 2.04. The van der Waals surface area contributed by atoms with E-state index in [1.54, 1.807) is 29.7 Å². The van der Waals surface area contributed by atoms with E-state index in [0.29, 0.717) is 25.3 Å². The van der Waals surface area contributed by atoms with Gasteiger partial charge in [-0.2, -0.15) is 11.8 Å². The Morgan fingerprint density at radius 2 is 2.41 bits per heavy atom. The van der Waals surface area contributed by atoms with Crippen LogP contribution < -0.4 is 0 Å². The second kappa shape index (κ2) is 4.74. The predicted molar refractivity (Wildman–Crippen MR) is 67.1 cm³/mol. The van der Waals surface area contributed by atoms with Gasteiger partial charge in [-0.3, -0.25) is 4.79 Å². The number of rotatable bonds is 3. The first kappa shape index (κ1) is 12.5. The van der Waals surface area contributed by atoms with E-state index in [9.17, 15) is 9.90 Å². The summed E-state index contributed by atoms with van der Waals surface area (Å²) in [6.45, 7) is 2.72. The van der Waals surface area contributed by atoms with Crippen molar-refractivity contribution in [3.63, 3.8) is 0 Å². The van der Waals surface area contributed by atoms with Crippen molar-refractivity contribution in [2.45, 2.75) is 24.7 Å². The standard InChI is InChI=1S/C12H17NO3S/c1-12(15)5-6-13(8-12)11(14)10-4-3-9(16-10)7-17-2/h3-4,15H,5-8H2,1-2H3. The van der Waals surface area contributed by atoms with Crippen LogP contribution in [0.5, 0.6) is 0 Å². The van der Waals surface area contributed by atoms with Gasteiger partial charge in [0.25, 0.3) is 5.91 Å². The fourth-order valence-corrected chi connectivity index (χ4v) is 2.43. The molecule has 0 radical (unpaired) electrons. The maximum absolute atomic E-state index is 12.1. The lowest BCUT2D eigenvalue weighted by Gasteiger charge is -2.17. The molecule has 1 N–H and O–H groups in total. The number of amides is 1. The van der Waals surface area contributed by atoms with E-state index >= 15 is 0 Å². The Morgan fingerprint density at radius 1 is 1.65 bits per heavy atom. The summed E-state index contributed by atoms with van der Waals surface area (Å²) in [4.78, 5) is 13.7. The lowest BCUT2D eigenvalue weighted by Crippen LogP contribution is -2.33. The van der Waals surface area contributed by atoms with Gasteiger partial charge in [-0.05, 0) is 31.7 Å². The number of hydrogen-bond donors (Lipinski definition) is 1. The molecule has 4 nitrogen and oxygen atoms in total. The molecule has 94 valence electrons. The molecule has 1 atom stereocenters. The molecule has 5 heteroatoms. The quantitative estimate of drug-likeness (QED) is 0.894. The number of nitrogens with zero attached hydrogens (tertiary/aromatic N) is 1. The first-order valence-electron chi connectivity index (χ1n) is 5.61. The Kier molecular flexibility index (Phi) is 3.49. The summed E-state index contributed by atoms with van der Waals surface area (Å²) >= 11 is 1.65. The molecule has 0 saturated carbocycles. The fourth-order valence-electron chi connectivity index (χ4n) is 1.99. The van der Waals surface area contributed by atoms with Crippen LogP contribution in [0.25, 0.3) is 0 Å². The van der Waals surface area contributed by atoms with Gasteiger partial charge in [-0.15, -0.1) is 0 Å². The predicted octanol–water partition coefficient (Wildman–Crippen LogP) is 1.74. The molecular weight excluding hydrogens is 238 g/mol. The molecule has 1 fully saturated rings. The fraction of sp³-hybridized carbons (Fsp3) is 0.583. The Morgan fingerprint density at radius 3 is 3.00 bits per heavy atom. The van der Waals surface area contributed by atoms with Gasteiger partial charge in [0, 0.05) is 13.1 Å². The normalized spacial score (nSPS) is 24.3. The van der Waals surface area contributed by atoms with Crippen molar-refractivity contribution in [3.8, 4) is 0 Å². The van der Waals surface area contributed by atoms with Crippen molar-refractivity contribution in [3.05, 3.63) is 23.7 Å². The zero-order chi connectivity index (χ0) is 12.5. The number of thioether (sulfide) groups is 1. The van der Waals surface area contributed by atoms with Crippen molar-refractivity contribution in [2.24, 2.45) is 0 Å². The second-order valence-electron chi connectivity index (χ2n) is 4.67. The summed E-state index contributed by atoms with van der Waals surface area (Å²) in [6.07, 6.45) is 2.61. The second-order valence-corrected chi connectivity index (χ2v) is 5.54. The zero-order valence-electron chi connectivity index (χ0n) is 10.1. The summed E-state index contributed by atoms with van der Waals surface area (Å²) < 4.78 is 5.47. The molecule has 17 heavy (non-hydrogen) atoms. The van der Waals surface area contributed by atoms with Crippen molar-refractivity contribution in [1.82, 2.24) is 4.90 Å². The van der Waals surface area contributed by atoms with E-state index in [0.717, 1.165) is 11.5 Å². The highest BCUT2D eigenvalue weighted by molar-refractivity contribution is 7.97. The third kappa shape index (κ3) is 2.84. The van der Waals surface area contributed by atoms with E-state index in [-0.39, 0.29) is 5.91 Å². The summed E-state index contributed by atoms with van der Waals surface area (Å²) in [5.74, 6) is 1.82. The van der Waals surface area contributed by atoms with Crippen LogP contribution in [0.2, 0.25) is 0 Å². The van der Waals surface area contributed by atoms with Gasteiger partial charge in [-0.1, -0.05) is 0 Å². The van der Waals surface area contributed by atoms with E-state index in [1.807, 2.05) is 12.3 Å². The van der Waals surface area contributed by atoms with Crippen molar-refractivity contribution < 1.29 is 14.3 Å². The molecule has 2 heterocycles. The van der Waals surface area contributed by atoms with Crippen molar-refractivity contribution in [2.75, 3.05) is 19.3 Å². The van der Waals surface area contributed by atoms with Crippen LogP contribution in [0, 0.1) is 0 Å². The summed E-state index contributed by atoms with van der Waals surface area (Å²) in [6, 6.07) is 3.54. The molecule has 1 aliphatic rings. The molecule has 2 rings (SSSR count). The molecular formula is C12H17NO3S. The highest BCUT2D eigenvalue weighted by Crippen LogP contribution is 2.23. The average molecular weight is 255 g/mol. The van der Waals surface area contributed by atoms with Gasteiger partial charge in [0.05, 0.1) is 11.4 Å². The molecule has 1 aromatic heterocycles. The average Bonchev–Trinajstić information content (AvgIpc) is 2.85. The maximum atomic E-state index is 12.1. The molecule has 1 aliphatic heterocycles. The molecule has 0 bridgehead atoms. The van der Waals surface area contributed by atoms with E-state index < -0.39 is 5.60 Å². The maximum Gasteiger partial charge on any atom is 0.289 e. The number of β-amino-alcohol motifs (C(OH)–C–C–N with tert-alkyl or cyclic N) is 1. The van der Waals surface area contributed by atoms with E-state index in [2.05, 4.69) is 0 Å². The van der Waals surface area contributed by atoms with E-state index in [1.165, 1.54) is 0 Å². The molecule has 0 aliphatic carbocycles. The van der Waals surface area contributed by atoms with Gasteiger partial charge >= 0.3 is 0 Å². The minimum absolute atomic E-state index is 0.130. The summed E-state index contributed by atoms with van der Waals surface area (Å²) in [7, 11) is 0. The topological polar surface area (TPSA) is 53.7 Å². The van der Waals surface area contributed by atoms with Gasteiger partial charge in [0.1, 0.15) is 5.76 Å². The van der Waals surface area contributed by atoms with Crippen LogP contribution in [0.1, 0.15) is 29.7 Å². The smallest absolute Gasteiger partial charge is 0.289 e. The van der Waals surface area contributed by atoms with Gasteiger partial charge in [-0.25, -0.2) is 0 Å². The monoisotopic (exact) mass is 255 g/mol. The molecule has 1 amide bonds. The summed E-state index contributed by atoms with van der Waals surface area (Å²) in [5, 5.41) is 9.82. The highest BCUT2D eigenvalue weighted by atomic mass is 32.2. The number of furan rings is 1.